The minimum atomic E-state index is -0.957. The van der Waals surface area contributed by atoms with Gasteiger partial charge in [0.2, 0.25) is 5.91 Å². The van der Waals surface area contributed by atoms with Gasteiger partial charge in [0.1, 0.15) is 5.75 Å². The second-order valence-electron chi connectivity index (χ2n) is 4.16. The van der Waals surface area contributed by atoms with E-state index in [2.05, 4.69) is 10.6 Å². The number of rotatable bonds is 3. The quantitative estimate of drug-likeness (QED) is 0.853. The lowest BCUT2D eigenvalue weighted by atomic mass is 10.2. The highest BCUT2D eigenvalue weighted by atomic mass is 19.2. The van der Waals surface area contributed by atoms with E-state index < -0.39 is 17.9 Å². The van der Waals surface area contributed by atoms with E-state index in [9.17, 15) is 13.6 Å². The van der Waals surface area contributed by atoms with Crippen molar-refractivity contribution >= 4 is 5.91 Å². The molecule has 1 saturated heterocycles. The molecule has 2 unspecified atom stereocenters. The average molecular weight is 256 g/mol. The zero-order valence-electron chi connectivity index (χ0n) is 9.87. The number of hydrogen-bond acceptors (Lipinski definition) is 3. The molecule has 0 spiro atoms. The summed E-state index contributed by atoms with van der Waals surface area (Å²) in [5, 5.41) is 5.79. The number of carbonyl (C=O) groups is 1. The lowest BCUT2D eigenvalue weighted by Crippen LogP contribution is -2.45. The Morgan fingerprint density at radius 2 is 2.22 bits per heavy atom. The van der Waals surface area contributed by atoms with Crippen molar-refractivity contribution in [1.82, 2.24) is 10.6 Å². The zero-order valence-corrected chi connectivity index (χ0v) is 9.87. The highest BCUT2D eigenvalue weighted by Crippen LogP contribution is 2.19. The first-order valence-corrected chi connectivity index (χ1v) is 5.68. The molecule has 1 aliphatic rings. The van der Waals surface area contributed by atoms with Crippen molar-refractivity contribution < 1.29 is 18.3 Å². The standard InChI is InChI=1S/C12H14F2N2O2/c1-7(17)16-11-4-5-15-12(11)18-8-2-3-9(13)10(14)6-8/h2-3,6,11-12,15H,4-5H2,1H3,(H,16,17). The van der Waals surface area contributed by atoms with Crippen molar-refractivity contribution in [2.24, 2.45) is 0 Å². The summed E-state index contributed by atoms with van der Waals surface area (Å²) in [5.41, 5.74) is 0. The van der Waals surface area contributed by atoms with Gasteiger partial charge in [0.05, 0.1) is 6.04 Å². The van der Waals surface area contributed by atoms with Crippen LogP contribution in [0.3, 0.4) is 0 Å². The van der Waals surface area contributed by atoms with Crippen molar-refractivity contribution in [3.8, 4) is 5.75 Å². The number of ether oxygens (including phenoxy) is 1. The normalized spacial score (nSPS) is 22.8. The van der Waals surface area contributed by atoms with Gasteiger partial charge in [-0.05, 0) is 18.6 Å². The van der Waals surface area contributed by atoms with Crippen LogP contribution in [-0.2, 0) is 4.79 Å². The van der Waals surface area contributed by atoms with E-state index in [-0.39, 0.29) is 17.7 Å². The van der Waals surface area contributed by atoms with Crippen LogP contribution in [0.4, 0.5) is 8.78 Å². The molecular formula is C12H14F2N2O2. The van der Waals surface area contributed by atoms with Crippen molar-refractivity contribution in [2.75, 3.05) is 6.54 Å². The second kappa shape index (κ2) is 5.30. The van der Waals surface area contributed by atoms with Crippen LogP contribution in [0.25, 0.3) is 0 Å². The average Bonchev–Trinajstić information content (AvgIpc) is 2.70. The van der Waals surface area contributed by atoms with Gasteiger partial charge in [-0.25, -0.2) is 8.78 Å². The van der Waals surface area contributed by atoms with E-state index in [0.29, 0.717) is 6.54 Å². The van der Waals surface area contributed by atoms with E-state index in [1.807, 2.05) is 0 Å². The maximum atomic E-state index is 13.0. The van der Waals surface area contributed by atoms with Crippen LogP contribution in [0.1, 0.15) is 13.3 Å². The molecule has 2 atom stereocenters. The molecule has 0 aromatic heterocycles. The third kappa shape index (κ3) is 2.95. The first-order valence-electron chi connectivity index (χ1n) is 5.68. The van der Waals surface area contributed by atoms with E-state index in [0.717, 1.165) is 18.6 Å². The van der Waals surface area contributed by atoms with Crippen LogP contribution in [0, 0.1) is 11.6 Å². The summed E-state index contributed by atoms with van der Waals surface area (Å²) in [6.45, 7) is 2.12. The molecular weight excluding hydrogens is 242 g/mol. The molecule has 1 amide bonds. The minimum Gasteiger partial charge on any atom is -0.473 e. The molecule has 2 N–H and O–H groups in total. The van der Waals surface area contributed by atoms with Crippen LogP contribution in [0.2, 0.25) is 0 Å². The highest BCUT2D eigenvalue weighted by Gasteiger charge is 2.29. The van der Waals surface area contributed by atoms with Gasteiger partial charge in [-0.2, -0.15) is 0 Å². The van der Waals surface area contributed by atoms with Gasteiger partial charge < -0.3 is 10.1 Å². The largest absolute Gasteiger partial charge is 0.473 e. The lowest BCUT2D eigenvalue weighted by molar-refractivity contribution is -0.120. The number of halogens is 2. The van der Waals surface area contributed by atoms with Crippen molar-refractivity contribution in [1.29, 1.82) is 0 Å². The smallest absolute Gasteiger partial charge is 0.217 e. The zero-order chi connectivity index (χ0) is 13.1. The number of benzene rings is 1. The molecule has 4 nitrogen and oxygen atoms in total. The van der Waals surface area contributed by atoms with Crippen molar-refractivity contribution in [3.63, 3.8) is 0 Å². The fourth-order valence-electron chi connectivity index (χ4n) is 1.90. The monoisotopic (exact) mass is 256 g/mol. The molecule has 0 bridgehead atoms. The molecule has 1 fully saturated rings. The van der Waals surface area contributed by atoms with E-state index >= 15 is 0 Å². The Balaban J connectivity index is 2.03. The molecule has 1 aliphatic heterocycles. The Labute approximate surface area is 103 Å². The molecule has 0 aliphatic carbocycles. The molecule has 0 saturated carbocycles. The Morgan fingerprint density at radius 3 is 2.89 bits per heavy atom. The van der Waals surface area contributed by atoms with Gasteiger partial charge in [-0.3, -0.25) is 10.1 Å². The third-order valence-corrected chi connectivity index (χ3v) is 2.71. The van der Waals surface area contributed by atoms with Crippen LogP contribution in [0.15, 0.2) is 18.2 Å². The maximum Gasteiger partial charge on any atom is 0.217 e. The van der Waals surface area contributed by atoms with Gasteiger partial charge in [0.25, 0.3) is 0 Å². The Hall–Kier alpha value is -1.69. The molecule has 0 radical (unpaired) electrons. The second-order valence-corrected chi connectivity index (χ2v) is 4.16. The third-order valence-electron chi connectivity index (χ3n) is 2.71. The SMILES string of the molecule is CC(=O)NC1CCNC1Oc1ccc(F)c(F)c1. The Morgan fingerprint density at radius 1 is 1.44 bits per heavy atom. The van der Waals surface area contributed by atoms with Gasteiger partial charge in [0.15, 0.2) is 17.9 Å². The molecule has 1 heterocycles. The van der Waals surface area contributed by atoms with Gasteiger partial charge in [-0.15, -0.1) is 0 Å². The summed E-state index contributed by atoms with van der Waals surface area (Å²) in [6, 6.07) is 3.17. The van der Waals surface area contributed by atoms with Gasteiger partial charge in [0, 0.05) is 19.5 Å². The summed E-state index contributed by atoms with van der Waals surface area (Å²) in [5.74, 6) is -1.80. The molecule has 2 rings (SSSR count). The summed E-state index contributed by atoms with van der Waals surface area (Å²) >= 11 is 0. The number of carbonyl (C=O) groups excluding carboxylic acids is 1. The van der Waals surface area contributed by atoms with E-state index in [4.69, 9.17) is 4.74 Å². The molecule has 1 aromatic carbocycles. The first-order chi connectivity index (χ1) is 8.56. The predicted octanol–water partition coefficient (Wildman–Crippen LogP) is 1.17. The minimum absolute atomic E-state index is 0.150. The molecule has 6 heteroatoms. The lowest BCUT2D eigenvalue weighted by Gasteiger charge is -2.21. The van der Waals surface area contributed by atoms with Gasteiger partial charge in [-0.1, -0.05) is 0 Å². The number of nitrogens with one attached hydrogen (secondary N) is 2. The van der Waals surface area contributed by atoms with Crippen LogP contribution < -0.4 is 15.4 Å². The van der Waals surface area contributed by atoms with Crippen molar-refractivity contribution in [2.45, 2.75) is 25.6 Å². The summed E-state index contributed by atoms with van der Waals surface area (Å²) in [6.07, 6.45) is 0.298. The number of hydrogen-bond donors (Lipinski definition) is 2. The molecule has 98 valence electrons. The predicted molar refractivity (Wildman–Crippen MR) is 61.0 cm³/mol. The summed E-state index contributed by atoms with van der Waals surface area (Å²) in [4.78, 5) is 11.0. The van der Waals surface area contributed by atoms with E-state index in [1.54, 1.807) is 0 Å². The summed E-state index contributed by atoms with van der Waals surface area (Å²) < 4.78 is 31.3. The fraction of sp³-hybridized carbons (Fsp3) is 0.417. The van der Waals surface area contributed by atoms with E-state index in [1.165, 1.54) is 13.0 Å². The van der Waals surface area contributed by atoms with Crippen LogP contribution >= 0.6 is 0 Å². The molecule has 1 aromatic rings. The maximum absolute atomic E-state index is 13.0. The summed E-state index contributed by atoms with van der Waals surface area (Å²) in [7, 11) is 0. The first kappa shape index (κ1) is 12.8. The topological polar surface area (TPSA) is 50.4 Å². The van der Waals surface area contributed by atoms with Crippen LogP contribution in [0.5, 0.6) is 5.75 Å². The number of amides is 1. The van der Waals surface area contributed by atoms with Gasteiger partial charge >= 0.3 is 0 Å². The van der Waals surface area contributed by atoms with Crippen LogP contribution in [-0.4, -0.2) is 24.7 Å². The highest BCUT2D eigenvalue weighted by molar-refractivity contribution is 5.73. The fourth-order valence-corrected chi connectivity index (χ4v) is 1.90. The molecule has 18 heavy (non-hydrogen) atoms. The Bertz CT molecular complexity index is 454. The van der Waals surface area contributed by atoms with Crippen molar-refractivity contribution in [3.05, 3.63) is 29.8 Å². The Kier molecular flexibility index (Phi) is 3.76.